The van der Waals surface area contributed by atoms with Gasteiger partial charge in [0.1, 0.15) is 15.7 Å². The number of fused-ring (bicyclic) bond motifs is 1. The van der Waals surface area contributed by atoms with E-state index < -0.39 is 0 Å². The Morgan fingerprint density at radius 1 is 0.860 bits per heavy atom. The molecule has 0 saturated carbocycles. The molecule has 7 heteroatoms. The average molecular weight is 622 g/mol. The first kappa shape index (κ1) is 33.5. The number of para-hydroxylation sites is 1. The summed E-state index contributed by atoms with van der Waals surface area (Å²) >= 11 is 3.25. The summed E-state index contributed by atoms with van der Waals surface area (Å²) in [7, 11) is 0. The largest absolute Gasteiger partial charge is 0.493 e. The van der Waals surface area contributed by atoms with Gasteiger partial charge >= 0.3 is 0 Å². The van der Waals surface area contributed by atoms with Gasteiger partial charge in [0, 0.05) is 30.1 Å². The molecule has 0 aromatic heterocycles. The molecule has 0 N–H and O–H groups in total. The smallest absolute Gasteiger partial charge is 0.269 e. The number of carbonyl (C=O) groups excluding carboxylic acids is 1. The van der Waals surface area contributed by atoms with Gasteiger partial charge in [-0.2, -0.15) is 0 Å². The number of amides is 1. The maximum absolute atomic E-state index is 13.7. The third kappa shape index (κ3) is 7.47. The molecule has 0 bridgehead atoms. The molecule has 0 spiro atoms. The Hall–Kier alpha value is -2.38. The summed E-state index contributed by atoms with van der Waals surface area (Å²) in [5, 5.41) is 1.88. The van der Waals surface area contributed by atoms with Crippen LogP contribution in [0.1, 0.15) is 105 Å². The summed E-state index contributed by atoms with van der Waals surface area (Å²) < 4.78 is 6.40. The van der Waals surface area contributed by atoms with E-state index in [2.05, 4.69) is 103 Å². The third-order valence-electron chi connectivity index (χ3n) is 9.03. The lowest BCUT2D eigenvalue weighted by Gasteiger charge is -2.30. The summed E-state index contributed by atoms with van der Waals surface area (Å²) in [6, 6.07) is 15.2. The van der Waals surface area contributed by atoms with Crippen LogP contribution in [0.2, 0.25) is 0 Å². The van der Waals surface area contributed by atoms with Crippen molar-refractivity contribution in [1.29, 1.82) is 0 Å². The highest BCUT2D eigenvalue weighted by Crippen LogP contribution is 2.50. The zero-order valence-electron chi connectivity index (χ0n) is 27.6. The maximum atomic E-state index is 13.7. The van der Waals surface area contributed by atoms with Crippen molar-refractivity contribution >= 4 is 40.3 Å². The molecule has 43 heavy (non-hydrogen) atoms. The third-order valence-corrected chi connectivity index (χ3v) is 11.4. The van der Waals surface area contributed by atoms with Gasteiger partial charge in [0.05, 0.1) is 12.3 Å². The molecule has 5 nitrogen and oxygen atoms in total. The number of anilines is 1. The van der Waals surface area contributed by atoms with Crippen LogP contribution in [0, 0.1) is 0 Å². The molecule has 2 heterocycles. The molecule has 2 aliphatic heterocycles. The summed E-state index contributed by atoms with van der Waals surface area (Å²) in [4.78, 5) is 24.8. The predicted molar refractivity (Wildman–Crippen MR) is 187 cm³/mol. The van der Waals surface area contributed by atoms with E-state index in [1.54, 1.807) is 23.5 Å². The number of hydrogen-bond donors (Lipinski definition) is 0. The normalized spacial score (nSPS) is 18.2. The lowest BCUT2D eigenvalue weighted by molar-refractivity contribution is -0.122. The topological polar surface area (TPSA) is 45.1 Å². The first-order valence-electron chi connectivity index (χ1n) is 16.2. The summed E-state index contributed by atoms with van der Waals surface area (Å²) in [5.74, 6) is 1.10. The minimum absolute atomic E-state index is 0.0495. The van der Waals surface area contributed by atoms with E-state index in [1.807, 2.05) is 4.90 Å². The molecular formula is C36H51N3O2S2. The van der Waals surface area contributed by atoms with Crippen LogP contribution in [0.4, 0.5) is 5.69 Å². The maximum Gasteiger partial charge on any atom is 0.269 e. The Morgan fingerprint density at radius 3 is 2.30 bits per heavy atom. The van der Waals surface area contributed by atoms with Crippen LogP contribution in [0.15, 0.2) is 62.3 Å². The standard InChI is InChI=1S/C36H51N3O2S2/c1-9-13-23-39-32(40)31(33-38(12-4)28-18-14-15-19-30(28)42-33)43-34(39)37-22-16-17-24-41-29-21-20-26(35(5,6)10-2)25-27(29)36(7,8)11-3/h14-15,18-21,25H,9-13,16-17,22-24H2,1-8H3/b33-31-,37-34?. The second kappa shape index (κ2) is 14.6. The SMILES string of the molecule is CCCCN1C(=O)/C(=C2/Sc3ccccc3N2CC)SC1=NCCCCOc1ccc(C(C)(C)CC)cc1C(C)(C)CC. The van der Waals surface area contributed by atoms with E-state index in [0.29, 0.717) is 19.7 Å². The van der Waals surface area contributed by atoms with Gasteiger partial charge in [-0.15, -0.1) is 0 Å². The molecule has 0 aliphatic carbocycles. The van der Waals surface area contributed by atoms with Crippen molar-refractivity contribution in [2.24, 2.45) is 4.99 Å². The van der Waals surface area contributed by atoms with Gasteiger partial charge < -0.3 is 9.64 Å². The number of rotatable bonds is 14. The van der Waals surface area contributed by atoms with Crippen LogP contribution in [0.25, 0.3) is 0 Å². The predicted octanol–water partition coefficient (Wildman–Crippen LogP) is 9.75. The number of nitrogens with zero attached hydrogens (tertiary/aromatic N) is 3. The van der Waals surface area contributed by atoms with Crippen molar-refractivity contribution in [2.75, 3.05) is 31.1 Å². The lowest BCUT2D eigenvalue weighted by atomic mass is 9.76. The highest BCUT2D eigenvalue weighted by atomic mass is 32.2. The Kier molecular flexibility index (Phi) is 11.4. The molecule has 0 radical (unpaired) electrons. The molecule has 2 aromatic rings. The highest BCUT2D eigenvalue weighted by Gasteiger charge is 2.39. The lowest BCUT2D eigenvalue weighted by Crippen LogP contribution is -2.31. The molecular weight excluding hydrogens is 571 g/mol. The Morgan fingerprint density at radius 2 is 1.60 bits per heavy atom. The number of thioether (sulfide) groups is 2. The zero-order chi connectivity index (χ0) is 31.2. The second-order valence-electron chi connectivity index (χ2n) is 12.8. The minimum Gasteiger partial charge on any atom is -0.493 e. The van der Waals surface area contributed by atoms with E-state index in [9.17, 15) is 4.79 Å². The first-order valence-corrected chi connectivity index (χ1v) is 17.8. The van der Waals surface area contributed by atoms with Gasteiger partial charge in [-0.3, -0.25) is 14.7 Å². The van der Waals surface area contributed by atoms with Crippen molar-refractivity contribution in [3.8, 4) is 5.75 Å². The average Bonchev–Trinajstić information content (AvgIpc) is 3.53. The number of unbranched alkanes of at least 4 members (excludes halogenated alkanes) is 2. The van der Waals surface area contributed by atoms with Crippen LogP contribution in [0.3, 0.4) is 0 Å². The molecule has 4 rings (SSSR count). The number of carbonyl (C=O) groups is 1. The minimum atomic E-state index is 0.0495. The van der Waals surface area contributed by atoms with Gasteiger partial charge in [0.15, 0.2) is 5.17 Å². The fourth-order valence-electron chi connectivity index (χ4n) is 5.25. The molecule has 0 unspecified atom stereocenters. The molecule has 1 fully saturated rings. The van der Waals surface area contributed by atoms with Gasteiger partial charge in [-0.1, -0.05) is 90.9 Å². The fourth-order valence-corrected chi connectivity index (χ4v) is 7.68. The van der Waals surface area contributed by atoms with Crippen LogP contribution in [0.5, 0.6) is 5.75 Å². The van der Waals surface area contributed by atoms with E-state index in [4.69, 9.17) is 9.73 Å². The van der Waals surface area contributed by atoms with E-state index >= 15 is 0 Å². The molecule has 2 aromatic carbocycles. The zero-order valence-corrected chi connectivity index (χ0v) is 29.2. The van der Waals surface area contributed by atoms with E-state index in [1.165, 1.54) is 21.7 Å². The fraction of sp³-hybridized carbons (Fsp3) is 0.556. The van der Waals surface area contributed by atoms with Gasteiger partial charge in [-0.05, 0) is 85.4 Å². The highest BCUT2D eigenvalue weighted by molar-refractivity contribution is 8.19. The van der Waals surface area contributed by atoms with E-state index in [0.717, 1.165) is 65.9 Å². The van der Waals surface area contributed by atoms with Crippen molar-refractivity contribution in [1.82, 2.24) is 4.90 Å². The first-order chi connectivity index (χ1) is 20.6. The Labute approximate surface area is 268 Å². The number of benzene rings is 2. The summed E-state index contributed by atoms with van der Waals surface area (Å²) in [6.45, 7) is 21.0. The summed E-state index contributed by atoms with van der Waals surface area (Å²) in [5.41, 5.74) is 4.06. The van der Waals surface area contributed by atoms with Crippen molar-refractivity contribution in [2.45, 2.75) is 110 Å². The molecule has 2 aliphatic rings. The Bertz CT molecular complexity index is 1350. The van der Waals surface area contributed by atoms with Crippen LogP contribution in [-0.4, -0.2) is 42.2 Å². The molecule has 0 atom stereocenters. The van der Waals surface area contributed by atoms with E-state index in [-0.39, 0.29) is 16.7 Å². The van der Waals surface area contributed by atoms with Crippen LogP contribution in [-0.2, 0) is 15.6 Å². The molecule has 1 saturated heterocycles. The van der Waals surface area contributed by atoms with Gasteiger partial charge in [0.25, 0.3) is 5.91 Å². The molecule has 1 amide bonds. The van der Waals surface area contributed by atoms with Crippen LogP contribution < -0.4 is 9.64 Å². The number of aliphatic imine (C=N–C) groups is 1. The van der Waals surface area contributed by atoms with Crippen molar-refractivity contribution in [3.05, 3.63) is 63.5 Å². The second-order valence-corrected chi connectivity index (χ2v) is 14.8. The summed E-state index contributed by atoms with van der Waals surface area (Å²) in [6.07, 6.45) is 6.00. The number of amidine groups is 1. The Balaban J connectivity index is 1.42. The van der Waals surface area contributed by atoms with Gasteiger partial charge in [0.2, 0.25) is 0 Å². The van der Waals surface area contributed by atoms with Crippen molar-refractivity contribution in [3.63, 3.8) is 0 Å². The number of ether oxygens (including phenoxy) is 1. The number of hydrogen-bond acceptors (Lipinski definition) is 6. The molecule has 234 valence electrons. The van der Waals surface area contributed by atoms with Gasteiger partial charge in [-0.25, -0.2) is 0 Å². The van der Waals surface area contributed by atoms with Crippen LogP contribution >= 0.6 is 23.5 Å². The van der Waals surface area contributed by atoms with Crippen molar-refractivity contribution < 1.29 is 9.53 Å². The monoisotopic (exact) mass is 621 g/mol. The quantitative estimate of drug-likeness (QED) is 0.155.